The van der Waals surface area contributed by atoms with Crippen molar-refractivity contribution in [3.8, 4) is 11.5 Å². The quantitative estimate of drug-likeness (QED) is 0.518. The molecular formula is C17H25N3O5. The number of carbonyl (C=O) groups is 1. The number of hydrogen-bond donors (Lipinski definition) is 2. The molecule has 1 amide bonds. The Balaban J connectivity index is 1.90. The lowest BCUT2D eigenvalue weighted by Gasteiger charge is -2.11. The maximum absolute atomic E-state index is 11.9. The Labute approximate surface area is 147 Å². The van der Waals surface area contributed by atoms with Crippen molar-refractivity contribution in [3.63, 3.8) is 0 Å². The number of ether oxygens (including phenoxy) is 2. The molecule has 0 aliphatic carbocycles. The summed E-state index contributed by atoms with van der Waals surface area (Å²) in [6.45, 7) is 2.35. The number of nitro groups is 1. The zero-order chi connectivity index (χ0) is 18.2. The fourth-order valence-electron chi connectivity index (χ4n) is 3.00. The van der Waals surface area contributed by atoms with Crippen LogP contribution < -0.4 is 20.1 Å². The Kier molecular flexibility index (Phi) is 7.00. The van der Waals surface area contributed by atoms with Gasteiger partial charge in [-0.1, -0.05) is 0 Å². The van der Waals surface area contributed by atoms with Gasteiger partial charge >= 0.3 is 0 Å². The number of nitrogens with zero attached hydrogens (tertiary/aromatic N) is 1. The SMILES string of the molecule is COc1cc(CCNC(=O)CCC2CCNC2)c([N+](=O)[O-])cc1OC. The Morgan fingerprint density at radius 1 is 1.36 bits per heavy atom. The number of carbonyl (C=O) groups excluding carboxylic acids is 1. The Morgan fingerprint density at radius 2 is 2.08 bits per heavy atom. The van der Waals surface area contributed by atoms with Gasteiger partial charge in [0.1, 0.15) is 0 Å². The monoisotopic (exact) mass is 351 g/mol. The van der Waals surface area contributed by atoms with Gasteiger partial charge in [0.2, 0.25) is 5.91 Å². The van der Waals surface area contributed by atoms with E-state index in [1.807, 2.05) is 0 Å². The summed E-state index contributed by atoms with van der Waals surface area (Å²) in [5, 5.41) is 17.4. The molecule has 0 saturated carbocycles. The second-order valence-corrected chi connectivity index (χ2v) is 6.09. The van der Waals surface area contributed by atoms with Crippen LogP contribution in [0.2, 0.25) is 0 Å². The molecule has 1 atom stereocenters. The topological polar surface area (TPSA) is 103 Å². The predicted molar refractivity (Wildman–Crippen MR) is 93.1 cm³/mol. The van der Waals surface area contributed by atoms with Gasteiger partial charge in [-0.25, -0.2) is 0 Å². The van der Waals surface area contributed by atoms with Crippen LogP contribution >= 0.6 is 0 Å². The van der Waals surface area contributed by atoms with E-state index in [0.29, 0.717) is 42.4 Å². The lowest BCUT2D eigenvalue weighted by Crippen LogP contribution is -2.26. The molecule has 25 heavy (non-hydrogen) atoms. The van der Waals surface area contributed by atoms with Crippen LogP contribution in [0, 0.1) is 16.0 Å². The summed E-state index contributed by atoms with van der Waals surface area (Å²) in [7, 11) is 2.91. The molecule has 1 heterocycles. The molecule has 1 fully saturated rings. The summed E-state index contributed by atoms with van der Waals surface area (Å²) in [6.07, 6.45) is 2.83. The smallest absolute Gasteiger partial charge is 0.276 e. The van der Waals surface area contributed by atoms with Crippen LogP contribution in [0.15, 0.2) is 12.1 Å². The van der Waals surface area contributed by atoms with Gasteiger partial charge in [-0.3, -0.25) is 14.9 Å². The highest BCUT2D eigenvalue weighted by molar-refractivity contribution is 5.75. The van der Waals surface area contributed by atoms with Crippen LogP contribution in [-0.2, 0) is 11.2 Å². The average molecular weight is 351 g/mol. The minimum absolute atomic E-state index is 0.0185. The highest BCUT2D eigenvalue weighted by Crippen LogP contribution is 2.34. The third-order valence-electron chi connectivity index (χ3n) is 4.44. The number of amides is 1. The average Bonchev–Trinajstić information content (AvgIpc) is 3.12. The lowest BCUT2D eigenvalue weighted by atomic mass is 10.0. The minimum Gasteiger partial charge on any atom is -0.493 e. The number of benzene rings is 1. The fraction of sp³-hybridized carbons (Fsp3) is 0.588. The van der Waals surface area contributed by atoms with E-state index in [-0.39, 0.29) is 11.6 Å². The van der Waals surface area contributed by atoms with Crippen molar-refractivity contribution in [2.75, 3.05) is 33.9 Å². The summed E-state index contributed by atoms with van der Waals surface area (Å²) >= 11 is 0. The molecule has 0 aromatic heterocycles. The van der Waals surface area contributed by atoms with E-state index in [1.165, 1.54) is 20.3 Å². The molecular weight excluding hydrogens is 326 g/mol. The van der Waals surface area contributed by atoms with Crippen LogP contribution in [0.25, 0.3) is 0 Å². The second kappa shape index (κ2) is 9.22. The van der Waals surface area contributed by atoms with Crippen molar-refractivity contribution in [2.24, 2.45) is 5.92 Å². The van der Waals surface area contributed by atoms with E-state index in [2.05, 4.69) is 10.6 Å². The molecule has 1 aromatic carbocycles. The Hall–Kier alpha value is -2.35. The number of methoxy groups -OCH3 is 2. The second-order valence-electron chi connectivity index (χ2n) is 6.09. The molecule has 1 saturated heterocycles. The standard InChI is InChI=1S/C17H25N3O5/c1-24-15-9-13(14(20(22)23)10-16(15)25-2)6-8-19-17(21)4-3-12-5-7-18-11-12/h9-10,12,18H,3-8,11H2,1-2H3,(H,19,21). The Morgan fingerprint density at radius 3 is 2.68 bits per heavy atom. The molecule has 1 unspecified atom stereocenters. The Bertz CT molecular complexity index is 615. The molecule has 138 valence electrons. The number of rotatable bonds is 9. The molecule has 1 aliphatic heterocycles. The van der Waals surface area contributed by atoms with Gasteiger partial charge in [-0.2, -0.15) is 0 Å². The number of nitro benzene ring substituents is 1. The summed E-state index contributed by atoms with van der Waals surface area (Å²) < 4.78 is 10.3. The third-order valence-corrected chi connectivity index (χ3v) is 4.44. The van der Waals surface area contributed by atoms with Gasteiger partial charge in [-0.05, 0) is 44.3 Å². The maximum atomic E-state index is 11.9. The summed E-state index contributed by atoms with van der Waals surface area (Å²) in [6, 6.07) is 2.94. The predicted octanol–water partition coefficient (Wildman–Crippen LogP) is 1.66. The van der Waals surface area contributed by atoms with E-state index >= 15 is 0 Å². The van der Waals surface area contributed by atoms with Gasteiger partial charge in [0.05, 0.1) is 25.2 Å². The minimum atomic E-state index is -0.452. The normalized spacial score (nSPS) is 16.5. The largest absolute Gasteiger partial charge is 0.493 e. The summed E-state index contributed by atoms with van der Waals surface area (Å²) in [5.74, 6) is 1.29. The molecule has 0 radical (unpaired) electrons. The number of nitrogens with one attached hydrogen (secondary N) is 2. The van der Waals surface area contributed by atoms with Crippen LogP contribution in [0.3, 0.4) is 0 Å². The molecule has 1 aliphatic rings. The van der Waals surface area contributed by atoms with E-state index in [1.54, 1.807) is 6.07 Å². The fourth-order valence-corrected chi connectivity index (χ4v) is 3.00. The molecule has 1 aromatic rings. The zero-order valence-corrected chi connectivity index (χ0v) is 14.7. The highest BCUT2D eigenvalue weighted by atomic mass is 16.6. The molecule has 2 N–H and O–H groups in total. The molecule has 0 bridgehead atoms. The lowest BCUT2D eigenvalue weighted by molar-refractivity contribution is -0.385. The van der Waals surface area contributed by atoms with Crippen molar-refractivity contribution < 1.29 is 19.2 Å². The van der Waals surface area contributed by atoms with Gasteiger partial charge in [0.25, 0.3) is 5.69 Å². The van der Waals surface area contributed by atoms with Crippen molar-refractivity contribution in [2.45, 2.75) is 25.7 Å². The first kappa shape index (κ1) is 19.0. The zero-order valence-electron chi connectivity index (χ0n) is 14.7. The van der Waals surface area contributed by atoms with Crippen LogP contribution in [-0.4, -0.2) is 44.7 Å². The van der Waals surface area contributed by atoms with E-state index in [4.69, 9.17) is 9.47 Å². The van der Waals surface area contributed by atoms with Crippen molar-refractivity contribution >= 4 is 11.6 Å². The highest BCUT2D eigenvalue weighted by Gasteiger charge is 2.20. The van der Waals surface area contributed by atoms with E-state index in [9.17, 15) is 14.9 Å². The van der Waals surface area contributed by atoms with Crippen LogP contribution in [0.4, 0.5) is 5.69 Å². The van der Waals surface area contributed by atoms with Gasteiger partial charge in [-0.15, -0.1) is 0 Å². The van der Waals surface area contributed by atoms with Gasteiger partial charge in [0, 0.05) is 18.5 Å². The third kappa shape index (κ3) is 5.32. The molecule has 2 rings (SSSR count). The summed E-state index contributed by atoms with van der Waals surface area (Å²) in [4.78, 5) is 22.7. The van der Waals surface area contributed by atoms with Crippen LogP contribution in [0.5, 0.6) is 11.5 Å². The van der Waals surface area contributed by atoms with Gasteiger partial charge < -0.3 is 20.1 Å². The first-order chi connectivity index (χ1) is 12.0. The number of hydrogen-bond acceptors (Lipinski definition) is 6. The summed E-state index contributed by atoms with van der Waals surface area (Å²) in [5.41, 5.74) is 0.465. The van der Waals surface area contributed by atoms with E-state index in [0.717, 1.165) is 25.9 Å². The van der Waals surface area contributed by atoms with E-state index < -0.39 is 4.92 Å². The van der Waals surface area contributed by atoms with Gasteiger partial charge in [0.15, 0.2) is 11.5 Å². The molecule has 8 nitrogen and oxygen atoms in total. The van der Waals surface area contributed by atoms with Crippen LogP contribution in [0.1, 0.15) is 24.8 Å². The first-order valence-electron chi connectivity index (χ1n) is 8.41. The van der Waals surface area contributed by atoms with Crippen molar-refractivity contribution in [3.05, 3.63) is 27.8 Å². The maximum Gasteiger partial charge on any atom is 0.276 e. The molecule has 0 spiro atoms. The first-order valence-corrected chi connectivity index (χ1v) is 8.41. The molecule has 8 heteroatoms. The van der Waals surface area contributed by atoms with Crippen molar-refractivity contribution in [1.29, 1.82) is 0 Å². The van der Waals surface area contributed by atoms with Crippen molar-refractivity contribution in [1.82, 2.24) is 10.6 Å².